The molecule has 1 aromatic rings. The zero-order valence-electron chi connectivity index (χ0n) is 9.43. The van der Waals surface area contributed by atoms with Crippen LogP contribution in [0.4, 0.5) is 5.69 Å². The summed E-state index contributed by atoms with van der Waals surface area (Å²) >= 11 is 5.79. The van der Waals surface area contributed by atoms with Crippen LogP contribution in [-0.4, -0.2) is 11.0 Å². The molecule has 0 heterocycles. The Balaban J connectivity index is 2.32. The van der Waals surface area contributed by atoms with E-state index in [-0.39, 0.29) is 22.7 Å². The van der Waals surface area contributed by atoms with Gasteiger partial charge in [0.2, 0.25) is 0 Å². The molecule has 1 fully saturated rings. The predicted molar refractivity (Wildman–Crippen MR) is 67.3 cm³/mol. The maximum Gasteiger partial charge on any atom is 0.288 e. The lowest BCUT2D eigenvalue weighted by molar-refractivity contribution is -0.384. The summed E-state index contributed by atoms with van der Waals surface area (Å²) in [6, 6.07) is 5.12. The standard InChI is InChI=1S/C12H15ClN2O2/c13-10-6-5-8(7-12(10)15(16)17)9-3-1-2-4-11(9)14/h5-7,9,11H,1-4,14H2. The molecule has 0 spiro atoms. The Labute approximate surface area is 105 Å². The molecule has 1 saturated carbocycles. The summed E-state index contributed by atoms with van der Waals surface area (Å²) in [6.45, 7) is 0. The summed E-state index contributed by atoms with van der Waals surface area (Å²) in [7, 11) is 0. The van der Waals surface area contributed by atoms with Crippen molar-refractivity contribution < 1.29 is 4.92 Å². The number of halogens is 1. The minimum atomic E-state index is -0.444. The molecule has 0 amide bonds. The second-order valence-corrected chi connectivity index (χ2v) is 4.93. The first-order chi connectivity index (χ1) is 8.09. The van der Waals surface area contributed by atoms with Crippen LogP contribution in [0.3, 0.4) is 0 Å². The summed E-state index contributed by atoms with van der Waals surface area (Å²) in [5.74, 6) is 0.222. The van der Waals surface area contributed by atoms with Crippen molar-refractivity contribution in [3.05, 3.63) is 38.9 Å². The highest BCUT2D eigenvalue weighted by Crippen LogP contribution is 2.35. The van der Waals surface area contributed by atoms with Crippen LogP contribution >= 0.6 is 11.6 Å². The molecule has 4 nitrogen and oxygen atoms in total. The van der Waals surface area contributed by atoms with E-state index in [2.05, 4.69) is 0 Å². The molecule has 92 valence electrons. The molecule has 0 bridgehead atoms. The van der Waals surface area contributed by atoms with Gasteiger partial charge in [0, 0.05) is 12.1 Å². The van der Waals surface area contributed by atoms with Gasteiger partial charge in [-0.3, -0.25) is 10.1 Å². The van der Waals surface area contributed by atoms with Crippen LogP contribution in [-0.2, 0) is 0 Å². The van der Waals surface area contributed by atoms with Gasteiger partial charge in [-0.2, -0.15) is 0 Å². The summed E-state index contributed by atoms with van der Waals surface area (Å²) in [6.07, 6.45) is 4.27. The monoisotopic (exact) mass is 254 g/mol. The molecule has 1 aromatic carbocycles. The van der Waals surface area contributed by atoms with E-state index in [1.807, 2.05) is 6.07 Å². The number of nitro benzene ring substituents is 1. The van der Waals surface area contributed by atoms with Crippen LogP contribution in [0, 0.1) is 10.1 Å². The fourth-order valence-corrected chi connectivity index (χ4v) is 2.66. The lowest BCUT2D eigenvalue weighted by Gasteiger charge is -2.28. The summed E-state index contributed by atoms with van der Waals surface area (Å²) in [4.78, 5) is 10.4. The minimum Gasteiger partial charge on any atom is -0.327 e. The van der Waals surface area contributed by atoms with Crippen molar-refractivity contribution in [3.63, 3.8) is 0 Å². The number of nitro groups is 1. The van der Waals surface area contributed by atoms with Crippen LogP contribution in [0.15, 0.2) is 18.2 Å². The maximum atomic E-state index is 10.8. The number of nitrogens with zero attached hydrogens (tertiary/aromatic N) is 1. The highest BCUT2D eigenvalue weighted by Gasteiger charge is 2.25. The molecule has 1 aliphatic carbocycles. The summed E-state index contributed by atoms with van der Waals surface area (Å²) in [5, 5.41) is 11.0. The van der Waals surface area contributed by atoms with Crippen LogP contribution in [0.1, 0.15) is 37.2 Å². The predicted octanol–water partition coefficient (Wildman–Crippen LogP) is 3.23. The number of benzene rings is 1. The van der Waals surface area contributed by atoms with E-state index in [4.69, 9.17) is 17.3 Å². The smallest absolute Gasteiger partial charge is 0.288 e. The summed E-state index contributed by atoms with van der Waals surface area (Å²) < 4.78 is 0. The highest BCUT2D eigenvalue weighted by molar-refractivity contribution is 6.32. The Morgan fingerprint density at radius 1 is 1.35 bits per heavy atom. The van der Waals surface area contributed by atoms with Gasteiger partial charge >= 0.3 is 0 Å². The molecule has 0 radical (unpaired) electrons. The first-order valence-corrected chi connectivity index (χ1v) is 6.17. The van der Waals surface area contributed by atoms with Crippen molar-refractivity contribution in [1.29, 1.82) is 0 Å². The Kier molecular flexibility index (Phi) is 3.64. The van der Waals surface area contributed by atoms with Crippen molar-refractivity contribution in [2.24, 2.45) is 5.73 Å². The molecule has 2 rings (SSSR count). The molecule has 0 saturated heterocycles. The average Bonchev–Trinajstić information content (AvgIpc) is 2.30. The third kappa shape index (κ3) is 2.58. The molecule has 2 unspecified atom stereocenters. The van der Waals surface area contributed by atoms with Gasteiger partial charge in [0.25, 0.3) is 5.69 Å². The molecule has 17 heavy (non-hydrogen) atoms. The summed E-state index contributed by atoms with van der Waals surface area (Å²) in [5.41, 5.74) is 6.98. The molecular weight excluding hydrogens is 240 g/mol. The van der Waals surface area contributed by atoms with E-state index < -0.39 is 4.92 Å². The van der Waals surface area contributed by atoms with Crippen molar-refractivity contribution in [2.45, 2.75) is 37.6 Å². The van der Waals surface area contributed by atoms with Crippen molar-refractivity contribution >= 4 is 17.3 Å². The minimum absolute atomic E-state index is 0.0260. The molecule has 0 aromatic heterocycles. The number of nitrogens with two attached hydrogens (primary N) is 1. The highest BCUT2D eigenvalue weighted by atomic mass is 35.5. The number of hydrogen-bond donors (Lipinski definition) is 1. The zero-order chi connectivity index (χ0) is 12.4. The van der Waals surface area contributed by atoms with Crippen molar-refractivity contribution in [1.82, 2.24) is 0 Å². The van der Waals surface area contributed by atoms with Gasteiger partial charge in [0.15, 0.2) is 0 Å². The van der Waals surface area contributed by atoms with Crippen LogP contribution in [0.5, 0.6) is 0 Å². The third-order valence-corrected chi connectivity index (χ3v) is 3.73. The molecule has 0 aliphatic heterocycles. The van der Waals surface area contributed by atoms with Crippen molar-refractivity contribution in [3.8, 4) is 0 Å². The van der Waals surface area contributed by atoms with Crippen molar-refractivity contribution in [2.75, 3.05) is 0 Å². The van der Waals surface area contributed by atoms with Gasteiger partial charge in [-0.05, 0) is 30.4 Å². The van der Waals surface area contributed by atoms with E-state index in [1.165, 1.54) is 0 Å². The van der Waals surface area contributed by atoms with Crippen LogP contribution in [0.25, 0.3) is 0 Å². The largest absolute Gasteiger partial charge is 0.327 e. The fourth-order valence-electron chi connectivity index (χ4n) is 2.47. The molecule has 5 heteroatoms. The SMILES string of the molecule is NC1CCCCC1c1ccc(Cl)c([N+](=O)[O-])c1. The van der Waals surface area contributed by atoms with Gasteiger partial charge in [-0.15, -0.1) is 0 Å². The third-order valence-electron chi connectivity index (χ3n) is 3.41. The Bertz CT molecular complexity index is 437. The van der Waals surface area contributed by atoms with E-state index in [0.29, 0.717) is 0 Å². The molecule has 1 aliphatic rings. The van der Waals surface area contributed by atoms with Gasteiger partial charge in [0.05, 0.1) is 4.92 Å². The fraction of sp³-hybridized carbons (Fsp3) is 0.500. The number of hydrogen-bond acceptors (Lipinski definition) is 3. The Morgan fingerprint density at radius 3 is 2.71 bits per heavy atom. The quantitative estimate of drug-likeness (QED) is 0.651. The van der Waals surface area contributed by atoms with E-state index in [9.17, 15) is 10.1 Å². The lowest BCUT2D eigenvalue weighted by atomic mass is 9.80. The topological polar surface area (TPSA) is 69.2 Å². The molecule has 2 atom stereocenters. The zero-order valence-corrected chi connectivity index (χ0v) is 10.2. The Morgan fingerprint density at radius 2 is 2.06 bits per heavy atom. The van der Waals surface area contributed by atoms with E-state index >= 15 is 0 Å². The average molecular weight is 255 g/mol. The first kappa shape index (κ1) is 12.3. The van der Waals surface area contributed by atoms with Crippen LogP contribution in [0.2, 0.25) is 5.02 Å². The second kappa shape index (κ2) is 5.02. The van der Waals surface area contributed by atoms with Crippen LogP contribution < -0.4 is 5.73 Å². The lowest BCUT2D eigenvalue weighted by Crippen LogP contribution is -2.31. The van der Waals surface area contributed by atoms with Gasteiger partial charge < -0.3 is 5.73 Å². The van der Waals surface area contributed by atoms with Gasteiger partial charge in [0.1, 0.15) is 5.02 Å². The first-order valence-electron chi connectivity index (χ1n) is 5.79. The second-order valence-electron chi connectivity index (χ2n) is 4.52. The van der Waals surface area contributed by atoms with Gasteiger partial charge in [-0.25, -0.2) is 0 Å². The number of rotatable bonds is 2. The van der Waals surface area contributed by atoms with E-state index in [0.717, 1.165) is 31.2 Å². The van der Waals surface area contributed by atoms with E-state index in [1.54, 1.807) is 12.1 Å². The maximum absolute atomic E-state index is 10.8. The van der Waals surface area contributed by atoms with Gasteiger partial charge in [-0.1, -0.05) is 30.5 Å². The normalized spacial score (nSPS) is 24.6. The molecule has 2 N–H and O–H groups in total. The molecular formula is C12H15ClN2O2. The Hall–Kier alpha value is -1.13.